The van der Waals surface area contributed by atoms with Gasteiger partial charge in [-0.25, -0.2) is 0 Å². The second kappa shape index (κ2) is 15.7. The Labute approximate surface area is 105 Å². The molecule has 0 radical (unpaired) electrons. The predicted octanol–water partition coefficient (Wildman–Crippen LogP) is 3.39. The van der Waals surface area contributed by atoms with Crippen LogP contribution in [0, 0.1) is 10.1 Å². The maximum atomic E-state index is 9.56. The highest BCUT2D eigenvalue weighted by Crippen LogP contribution is 2.38. The molecule has 0 heterocycles. The molecular formula is C10H24NO5P. The highest BCUT2D eigenvalue weighted by atomic mass is 31.2. The van der Waals surface area contributed by atoms with Gasteiger partial charge >= 0.3 is 8.60 Å². The summed E-state index contributed by atoms with van der Waals surface area (Å²) in [5.41, 5.74) is 0. The van der Waals surface area contributed by atoms with Crippen molar-refractivity contribution in [3.8, 4) is 0 Å². The van der Waals surface area contributed by atoms with Crippen LogP contribution in [0.5, 0.6) is 0 Å². The summed E-state index contributed by atoms with van der Waals surface area (Å²) < 4.78 is 15.4. The van der Waals surface area contributed by atoms with Crippen molar-refractivity contribution in [2.75, 3.05) is 26.4 Å². The smallest absolute Gasteiger partial charge is 0.313 e. The third kappa shape index (κ3) is 18.3. The average molecular weight is 269 g/mol. The molecule has 17 heavy (non-hydrogen) atoms. The quantitative estimate of drug-likeness (QED) is 0.364. The Morgan fingerprint density at radius 1 is 1.00 bits per heavy atom. The Balaban J connectivity index is 0. The molecule has 0 bridgehead atoms. The Hall–Kier alpha value is -0.290. The standard InChI is InChI=1S/C6H15O3P.C4H9NO2/c1-4-7-10(8-5-2)9-6-3;1-2-3-4-5(6)7/h4-6H2,1-3H3;2-4H2,1H3. The molecule has 0 fully saturated rings. The van der Waals surface area contributed by atoms with Gasteiger partial charge in [-0.05, 0) is 27.2 Å². The summed E-state index contributed by atoms with van der Waals surface area (Å²) in [7, 11) is -1.06. The Morgan fingerprint density at radius 2 is 1.41 bits per heavy atom. The first-order valence-electron chi connectivity index (χ1n) is 5.92. The summed E-state index contributed by atoms with van der Waals surface area (Å²) in [4.78, 5) is 9.28. The SMILES string of the molecule is CCCC[N+](=O)[O-].CCOP(OCC)OCC. The molecule has 0 rings (SSSR count). The number of rotatable bonds is 9. The fourth-order valence-electron chi connectivity index (χ4n) is 0.715. The van der Waals surface area contributed by atoms with Crippen molar-refractivity contribution < 1.29 is 18.5 Å². The Morgan fingerprint density at radius 3 is 1.59 bits per heavy atom. The van der Waals surface area contributed by atoms with Gasteiger partial charge in [-0.2, -0.15) is 0 Å². The second-order valence-electron chi connectivity index (χ2n) is 2.89. The molecule has 0 aliphatic rings. The molecule has 0 unspecified atom stereocenters. The van der Waals surface area contributed by atoms with Crippen LogP contribution in [0.15, 0.2) is 0 Å². The van der Waals surface area contributed by atoms with E-state index >= 15 is 0 Å². The molecule has 104 valence electrons. The highest BCUT2D eigenvalue weighted by molar-refractivity contribution is 7.41. The summed E-state index contributed by atoms with van der Waals surface area (Å²) in [5, 5.41) is 9.56. The van der Waals surface area contributed by atoms with Crippen molar-refractivity contribution in [2.24, 2.45) is 0 Å². The van der Waals surface area contributed by atoms with Gasteiger partial charge in [-0.1, -0.05) is 6.92 Å². The molecule has 0 amide bonds. The van der Waals surface area contributed by atoms with Crippen molar-refractivity contribution in [3.05, 3.63) is 10.1 Å². The monoisotopic (exact) mass is 269 g/mol. The lowest BCUT2D eigenvalue weighted by Crippen LogP contribution is -1.98. The summed E-state index contributed by atoms with van der Waals surface area (Å²) in [6.07, 6.45) is 1.61. The van der Waals surface area contributed by atoms with Gasteiger partial charge in [0.1, 0.15) is 0 Å². The van der Waals surface area contributed by atoms with Crippen molar-refractivity contribution in [2.45, 2.75) is 40.5 Å². The topological polar surface area (TPSA) is 70.8 Å². The number of nitro groups is 1. The molecular weight excluding hydrogens is 245 g/mol. The van der Waals surface area contributed by atoms with E-state index in [0.29, 0.717) is 26.2 Å². The number of nitrogens with zero attached hydrogens (tertiary/aromatic N) is 1. The van der Waals surface area contributed by atoms with Crippen LogP contribution in [0.4, 0.5) is 0 Å². The minimum absolute atomic E-state index is 0.122. The molecule has 6 nitrogen and oxygen atoms in total. The van der Waals surface area contributed by atoms with E-state index in [1.807, 2.05) is 27.7 Å². The molecule has 0 aliphatic heterocycles. The van der Waals surface area contributed by atoms with Gasteiger partial charge < -0.3 is 13.6 Å². The van der Waals surface area contributed by atoms with E-state index in [2.05, 4.69) is 0 Å². The largest absolute Gasteiger partial charge is 0.332 e. The van der Waals surface area contributed by atoms with Crippen LogP contribution < -0.4 is 0 Å². The molecule has 0 aromatic carbocycles. The van der Waals surface area contributed by atoms with E-state index in [4.69, 9.17) is 13.6 Å². The van der Waals surface area contributed by atoms with Crippen LogP contribution in [-0.2, 0) is 13.6 Å². The summed E-state index contributed by atoms with van der Waals surface area (Å²) in [5.74, 6) is 0. The minimum Gasteiger partial charge on any atom is -0.313 e. The zero-order valence-corrected chi connectivity index (χ0v) is 12.1. The number of hydrogen-bond acceptors (Lipinski definition) is 5. The maximum Gasteiger partial charge on any atom is 0.332 e. The number of hydrogen-bond donors (Lipinski definition) is 0. The van der Waals surface area contributed by atoms with Gasteiger partial charge in [-0.3, -0.25) is 10.1 Å². The first-order chi connectivity index (χ1) is 8.12. The second-order valence-corrected chi connectivity index (χ2v) is 4.11. The van der Waals surface area contributed by atoms with Crippen LogP contribution in [0.25, 0.3) is 0 Å². The molecule has 0 spiro atoms. The van der Waals surface area contributed by atoms with Gasteiger partial charge in [0, 0.05) is 11.3 Å². The lowest BCUT2D eigenvalue weighted by Gasteiger charge is -2.12. The minimum atomic E-state index is -1.06. The van der Waals surface area contributed by atoms with Gasteiger partial charge in [0.15, 0.2) is 0 Å². The van der Waals surface area contributed by atoms with Gasteiger partial charge in [0.05, 0.1) is 19.8 Å². The van der Waals surface area contributed by atoms with E-state index in [1.54, 1.807) is 0 Å². The molecule has 0 atom stereocenters. The summed E-state index contributed by atoms with van der Waals surface area (Å²) >= 11 is 0. The summed E-state index contributed by atoms with van der Waals surface area (Å²) in [6, 6.07) is 0. The zero-order chi connectivity index (χ0) is 13.5. The van der Waals surface area contributed by atoms with E-state index in [9.17, 15) is 10.1 Å². The van der Waals surface area contributed by atoms with Gasteiger partial charge in [0.2, 0.25) is 6.54 Å². The van der Waals surface area contributed by atoms with Crippen molar-refractivity contribution in [1.29, 1.82) is 0 Å². The Bertz CT molecular complexity index is 157. The predicted molar refractivity (Wildman–Crippen MR) is 68.6 cm³/mol. The van der Waals surface area contributed by atoms with Gasteiger partial charge in [-0.15, -0.1) is 0 Å². The highest BCUT2D eigenvalue weighted by Gasteiger charge is 2.07. The van der Waals surface area contributed by atoms with E-state index in [1.165, 1.54) is 0 Å². The lowest BCUT2D eigenvalue weighted by molar-refractivity contribution is -0.480. The van der Waals surface area contributed by atoms with Crippen molar-refractivity contribution in [3.63, 3.8) is 0 Å². The van der Waals surface area contributed by atoms with E-state index < -0.39 is 8.60 Å². The molecule has 0 aliphatic carbocycles. The first kappa shape index (κ1) is 19.1. The third-order valence-corrected chi connectivity index (χ3v) is 2.80. The molecule has 0 aromatic rings. The fraction of sp³-hybridized carbons (Fsp3) is 1.00. The molecule has 0 saturated heterocycles. The normalized spacial score (nSPS) is 9.94. The Kier molecular flexibility index (Phi) is 17.6. The molecule has 0 N–H and O–H groups in total. The van der Waals surface area contributed by atoms with Gasteiger partial charge in [0.25, 0.3) is 0 Å². The molecule has 0 saturated carbocycles. The van der Waals surface area contributed by atoms with E-state index in [-0.39, 0.29) is 11.5 Å². The average Bonchev–Trinajstić information content (AvgIpc) is 2.28. The molecule has 7 heteroatoms. The zero-order valence-electron chi connectivity index (χ0n) is 11.2. The summed E-state index contributed by atoms with van der Waals surface area (Å²) in [6.45, 7) is 9.76. The van der Waals surface area contributed by atoms with Crippen LogP contribution in [0.1, 0.15) is 40.5 Å². The van der Waals surface area contributed by atoms with Crippen LogP contribution >= 0.6 is 8.60 Å². The van der Waals surface area contributed by atoms with Crippen LogP contribution in [0.3, 0.4) is 0 Å². The number of unbranched alkanes of at least 4 members (excludes halogenated alkanes) is 1. The fourth-order valence-corrected chi connectivity index (χ4v) is 1.57. The van der Waals surface area contributed by atoms with Crippen LogP contribution in [-0.4, -0.2) is 31.3 Å². The lowest BCUT2D eigenvalue weighted by atomic mass is 10.3. The van der Waals surface area contributed by atoms with E-state index in [0.717, 1.165) is 6.42 Å². The maximum absolute atomic E-state index is 9.56. The van der Waals surface area contributed by atoms with Crippen LogP contribution in [0.2, 0.25) is 0 Å². The van der Waals surface area contributed by atoms with Crippen molar-refractivity contribution in [1.82, 2.24) is 0 Å². The van der Waals surface area contributed by atoms with Crippen molar-refractivity contribution >= 4 is 8.60 Å². The molecule has 0 aromatic heterocycles. The first-order valence-corrected chi connectivity index (χ1v) is 7.02. The third-order valence-electron chi connectivity index (χ3n) is 1.40.